The molecule has 0 N–H and O–H groups in total. The number of hydrogen-bond acceptors (Lipinski definition) is 1. The normalized spacial score (nSPS) is 11.4. The van der Waals surface area contributed by atoms with Crippen LogP contribution in [0.5, 0.6) is 0 Å². The molecule has 5 heteroatoms. The quantitative estimate of drug-likeness (QED) is 0.607. The molecule has 0 unspecified atom stereocenters. The number of halogens is 4. The second-order valence-corrected chi connectivity index (χ2v) is 4.23. The van der Waals surface area contributed by atoms with E-state index < -0.39 is 35.3 Å². The monoisotopic (exact) mass is 282 g/mol. The van der Waals surface area contributed by atoms with Gasteiger partial charge in [0.1, 0.15) is 5.82 Å². The number of carbonyl (C=O) groups is 1. The Morgan fingerprint density at radius 1 is 0.950 bits per heavy atom. The first kappa shape index (κ1) is 14.2. The molecule has 2 rings (SSSR count). The average molecular weight is 282 g/mol. The molecule has 0 heterocycles. The van der Waals surface area contributed by atoms with Crippen LogP contribution in [-0.2, 0) is 12.6 Å². The van der Waals surface area contributed by atoms with Crippen LogP contribution in [0.1, 0.15) is 21.5 Å². The standard InChI is InChI=1S/C15H10F4O/c16-13-8-4-1-5-10(13)9-14(20)11-6-2-3-7-12(11)15(17,18)19/h1-8H,9H2. The smallest absolute Gasteiger partial charge is 0.294 e. The molecule has 104 valence electrons. The summed E-state index contributed by atoms with van der Waals surface area (Å²) < 4.78 is 51.8. The predicted molar refractivity (Wildman–Crippen MR) is 65.9 cm³/mol. The lowest BCUT2D eigenvalue weighted by Crippen LogP contribution is -2.14. The molecule has 0 saturated heterocycles. The van der Waals surface area contributed by atoms with Crippen molar-refractivity contribution in [1.29, 1.82) is 0 Å². The molecule has 20 heavy (non-hydrogen) atoms. The minimum atomic E-state index is -4.61. The fourth-order valence-corrected chi connectivity index (χ4v) is 1.88. The molecular weight excluding hydrogens is 272 g/mol. The third-order valence-electron chi connectivity index (χ3n) is 2.84. The zero-order chi connectivity index (χ0) is 14.8. The molecule has 0 bridgehead atoms. The second-order valence-electron chi connectivity index (χ2n) is 4.23. The number of hydrogen-bond donors (Lipinski definition) is 0. The largest absolute Gasteiger partial charge is 0.417 e. The first-order valence-corrected chi connectivity index (χ1v) is 5.82. The van der Waals surface area contributed by atoms with Crippen LogP contribution >= 0.6 is 0 Å². The number of alkyl halides is 3. The van der Waals surface area contributed by atoms with Gasteiger partial charge in [-0.25, -0.2) is 4.39 Å². The van der Waals surface area contributed by atoms with Gasteiger partial charge in [-0.15, -0.1) is 0 Å². The van der Waals surface area contributed by atoms with Crippen molar-refractivity contribution in [3.8, 4) is 0 Å². The van der Waals surface area contributed by atoms with Crippen molar-refractivity contribution in [2.45, 2.75) is 12.6 Å². The molecule has 0 radical (unpaired) electrons. The minimum absolute atomic E-state index is 0.0782. The molecule has 2 aromatic rings. The van der Waals surface area contributed by atoms with Gasteiger partial charge in [0.25, 0.3) is 0 Å². The van der Waals surface area contributed by atoms with Gasteiger partial charge in [-0.2, -0.15) is 13.2 Å². The summed E-state index contributed by atoms with van der Waals surface area (Å²) in [6.45, 7) is 0. The molecular formula is C15H10F4O. The molecule has 2 aromatic carbocycles. The van der Waals surface area contributed by atoms with Crippen molar-refractivity contribution in [3.05, 3.63) is 71.0 Å². The first-order valence-electron chi connectivity index (χ1n) is 5.82. The van der Waals surface area contributed by atoms with E-state index in [1.165, 1.54) is 30.3 Å². The van der Waals surface area contributed by atoms with Gasteiger partial charge in [0, 0.05) is 12.0 Å². The van der Waals surface area contributed by atoms with E-state index in [4.69, 9.17) is 0 Å². The van der Waals surface area contributed by atoms with Crippen LogP contribution in [0.15, 0.2) is 48.5 Å². The van der Waals surface area contributed by atoms with Crippen LogP contribution in [0.25, 0.3) is 0 Å². The predicted octanol–water partition coefficient (Wildman–Crippen LogP) is 4.27. The zero-order valence-corrected chi connectivity index (χ0v) is 10.2. The summed E-state index contributed by atoms with van der Waals surface area (Å²) in [5.41, 5.74) is -1.36. The van der Waals surface area contributed by atoms with Crippen LogP contribution in [0.2, 0.25) is 0 Å². The topological polar surface area (TPSA) is 17.1 Å². The Morgan fingerprint density at radius 2 is 1.55 bits per heavy atom. The Hall–Kier alpha value is -2.17. The summed E-state index contributed by atoms with van der Waals surface area (Å²) in [5, 5.41) is 0. The van der Waals surface area contributed by atoms with E-state index in [0.717, 1.165) is 18.2 Å². The molecule has 0 aromatic heterocycles. The highest BCUT2D eigenvalue weighted by Gasteiger charge is 2.34. The lowest BCUT2D eigenvalue weighted by molar-refractivity contribution is -0.137. The lowest BCUT2D eigenvalue weighted by atomic mass is 9.98. The second kappa shape index (κ2) is 5.45. The summed E-state index contributed by atoms with van der Waals surface area (Å²) in [6.07, 6.45) is -5.01. The summed E-state index contributed by atoms with van der Waals surface area (Å²) >= 11 is 0. The van der Waals surface area contributed by atoms with Gasteiger partial charge in [0.2, 0.25) is 0 Å². The van der Waals surface area contributed by atoms with Crippen LogP contribution in [0, 0.1) is 5.82 Å². The Labute approximate surface area is 112 Å². The minimum Gasteiger partial charge on any atom is -0.294 e. The number of benzene rings is 2. The molecule has 0 amide bonds. The molecule has 0 aliphatic heterocycles. The van der Waals surface area contributed by atoms with Crippen molar-refractivity contribution in [2.24, 2.45) is 0 Å². The molecule has 0 atom stereocenters. The average Bonchev–Trinajstić information content (AvgIpc) is 2.40. The molecule has 0 fully saturated rings. The van der Waals surface area contributed by atoms with Crippen molar-refractivity contribution in [3.63, 3.8) is 0 Å². The van der Waals surface area contributed by atoms with Gasteiger partial charge in [-0.05, 0) is 17.7 Å². The van der Waals surface area contributed by atoms with Crippen LogP contribution < -0.4 is 0 Å². The van der Waals surface area contributed by atoms with Gasteiger partial charge in [-0.3, -0.25) is 4.79 Å². The molecule has 1 nitrogen and oxygen atoms in total. The van der Waals surface area contributed by atoms with E-state index in [9.17, 15) is 22.4 Å². The molecule has 0 aliphatic rings. The van der Waals surface area contributed by atoms with E-state index in [-0.39, 0.29) is 5.56 Å². The fourth-order valence-electron chi connectivity index (χ4n) is 1.88. The Bertz CT molecular complexity index is 632. The van der Waals surface area contributed by atoms with Crippen LogP contribution in [0.3, 0.4) is 0 Å². The van der Waals surface area contributed by atoms with E-state index >= 15 is 0 Å². The zero-order valence-electron chi connectivity index (χ0n) is 10.2. The van der Waals surface area contributed by atoms with E-state index in [2.05, 4.69) is 0 Å². The third-order valence-corrected chi connectivity index (χ3v) is 2.84. The van der Waals surface area contributed by atoms with Crippen molar-refractivity contribution >= 4 is 5.78 Å². The number of carbonyl (C=O) groups excluding carboxylic acids is 1. The Kier molecular flexibility index (Phi) is 3.88. The van der Waals surface area contributed by atoms with Crippen LogP contribution in [0.4, 0.5) is 17.6 Å². The fraction of sp³-hybridized carbons (Fsp3) is 0.133. The van der Waals surface area contributed by atoms with Gasteiger partial charge in [0.05, 0.1) is 5.56 Å². The Morgan fingerprint density at radius 3 is 2.20 bits per heavy atom. The molecule has 0 saturated carbocycles. The van der Waals surface area contributed by atoms with Gasteiger partial charge >= 0.3 is 6.18 Å². The number of ketones is 1. The van der Waals surface area contributed by atoms with E-state index in [1.807, 2.05) is 0 Å². The van der Waals surface area contributed by atoms with E-state index in [0.29, 0.717) is 0 Å². The van der Waals surface area contributed by atoms with Crippen molar-refractivity contribution in [2.75, 3.05) is 0 Å². The highest BCUT2D eigenvalue weighted by molar-refractivity contribution is 5.99. The number of rotatable bonds is 3. The van der Waals surface area contributed by atoms with Crippen LogP contribution in [-0.4, -0.2) is 5.78 Å². The van der Waals surface area contributed by atoms with Gasteiger partial charge < -0.3 is 0 Å². The highest BCUT2D eigenvalue weighted by Crippen LogP contribution is 2.32. The van der Waals surface area contributed by atoms with E-state index in [1.54, 1.807) is 0 Å². The maximum atomic E-state index is 13.4. The summed E-state index contributed by atoms with van der Waals surface area (Å²) in [4.78, 5) is 12.0. The lowest BCUT2D eigenvalue weighted by Gasteiger charge is -2.11. The first-order chi connectivity index (χ1) is 9.39. The maximum absolute atomic E-state index is 13.4. The third kappa shape index (κ3) is 3.04. The summed E-state index contributed by atoms with van der Waals surface area (Å²) in [5.74, 6) is -1.37. The van der Waals surface area contributed by atoms with Crippen molar-refractivity contribution < 1.29 is 22.4 Å². The SMILES string of the molecule is O=C(Cc1ccccc1F)c1ccccc1C(F)(F)F. The van der Waals surface area contributed by atoms with Crippen molar-refractivity contribution in [1.82, 2.24) is 0 Å². The maximum Gasteiger partial charge on any atom is 0.417 e. The molecule has 0 aliphatic carbocycles. The highest BCUT2D eigenvalue weighted by atomic mass is 19.4. The van der Waals surface area contributed by atoms with Gasteiger partial charge in [0.15, 0.2) is 5.78 Å². The Balaban J connectivity index is 2.34. The van der Waals surface area contributed by atoms with Gasteiger partial charge in [-0.1, -0.05) is 36.4 Å². The molecule has 0 spiro atoms. The summed E-state index contributed by atoms with van der Waals surface area (Å²) in [7, 11) is 0. The summed E-state index contributed by atoms with van der Waals surface area (Å²) in [6, 6.07) is 10.0. The number of Topliss-reactive ketones (excluding diaryl/α,β-unsaturated/α-hetero) is 1.